The van der Waals surface area contributed by atoms with Gasteiger partial charge in [0.25, 0.3) is 5.91 Å². The lowest BCUT2D eigenvalue weighted by Crippen LogP contribution is -2.43. The van der Waals surface area contributed by atoms with Crippen LogP contribution in [0.25, 0.3) is 5.69 Å². The number of likely N-dealkylation sites (N-methyl/N-ethyl adjacent to an activating group) is 1. The molecular formula is C29H28F6N6O4. The number of nitrogens with one attached hydrogen (secondary N) is 1. The van der Waals surface area contributed by atoms with Gasteiger partial charge < -0.3 is 20.2 Å². The molecule has 2 aromatic carbocycles. The average Bonchev–Trinajstić information content (AvgIpc) is 3.39. The Balaban J connectivity index is 1.40. The van der Waals surface area contributed by atoms with Crippen LogP contribution in [-0.4, -0.2) is 83.0 Å². The van der Waals surface area contributed by atoms with E-state index in [-0.39, 0.29) is 48.5 Å². The zero-order valence-corrected chi connectivity index (χ0v) is 23.8. The van der Waals surface area contributed by atoms with Crippen molar-refractivity contribution < 1.29 is 45.8 Å². The lowest BCUT2D eigenvalue weighted by Gasteiger charge is -2.30. The highest BCUT2D eigenvalue weighted by atomic mass is 19.4. The molecule has 0 bridgehead atoms. The van der Waals surface area contributed by atoms with E-state index in [9.17, 15) is 45.8 Å². The number of carbonyl (C=O) groups excluding carboxylic acids is 3. The monoisotopic (exact) mass is 638 g/mol. The molecule has 0 aliphatic carbocycles. The largest absolute Gasteiger partial charge is 0.471 e. The molecule has 0 atom stereocenters. The quantitative estimate of drug-likeness (QED) is 0.395. The van der Waals surface area contributed by atoms with Crippen molar-refractivity contribution in [2.45, 2.75) is 37.7 Å². The molecular weight excluding hydrogens is 610 g/mol. The van der Waals surface area contributed by atoms with Gasteiger partial charge in [-0.25, -0.2) is 4.68 Å². The van der Waals surface area contributed by atoms with Crippen LogP contribution < -0.4 is 15.1 Å². The number of aliphatic hydroxyl groups is 1. The molecule has 240 valence electrons. The van der Waals surface area contributed by atoms with Crippen molar-refractivity contribution >= 4 is 34.8 Å². The highest BCUT2D eigenvalue weighted by molar-refractivity contribution is 6.08. The third-order valence-corrected chi connectivity index (χ3v) is 7.73. The lowest BCUT2D eigenvalue weighted by molar-refractivity contribution is -0.167. The third kappa shape index (κ3) is 6.81. The number of alkyl halides is 6. The summed E-state index contributed by atoms with van der Waals surface area (Å²) in [5, 5.41) is 15.0. The van der Waals surface area contributed by atoms with Gasteiger partial charge in [0, 0.05) is 49.3 Å². The van der Waals surface area contributed by atoms with Gasteiger partial charge in [-0.2, -0.15) is 31.4 Å². The van der Waals surface area contributed by atoms with Crippen molar-refractivity contribution in [2.24, 2.45) is 0 Å². The van der Waals surface area contributed by atoms with E-state index in [0.29, 0.717) is 37.3 Å². The number of rotatable bonds is 6. The lowest BCUT2D eigenvalue weighted by atomic mass is 10.0. The van der Waals surface area contributed by atoms with Crippen LogP contribution in [0.4, 0.5) is 43.4 Å². The Hall–Kier alpha value is -4.44. The number of fused-ring (bicyclic) bond motifs is 1. The minimum atomic E-state index is -5.20. The number of amides is 3. The molecule has 1 saturated heterocycles. The molecule has 10 nitrogen and oxygen atoms in total. The maximum Gasteiger partial charge on any atom is 0.471 e. The number of aromatic nitrogens is 2. The first-order chi connectivity index (χ1) is 21.1. The van der Waals surface area contributed by atoms with Crippen molar-refractivity contribution in [1.29, 1.82) is 0 Å². The molecule has 2 aliphatic rings. The second-order valence-electron chi connectivity index (χ2n) is 10.8. The Bertz CT molecular complexity index is 1600. The van der Waals surface area contributed by atoms with Crippen molar-refractivity contribution in [2.75, 3.05) is 48.3 Å². The van der Waals surface area contributed by atoms with Crippen LogP contribution in [0.15, 0.2) is 48.5 Å². The topological polar surface area (TPSA) is 111 Å². The highest BCUT2D eigenvalue weighted by Crippen LogP contribution is 2.37. The predicted molar refractivity (Wildman–Crippen MR) is 150 cm³/mol. The Labute approximate surface area is 252 Å². The number of piperidine rings is 1. The van der Waals surface area contributed by atoms with Gasteiger partial charge in [0.05, 0.1) is 18.3 Å². The normalized spacial score (nSPS) is 16.4. The molecule has 0 radical (unpaired) electrons. The van der Waals surface area contributed by atoms with Crippen LogP contribution in [-0.2, 0) is 22.2 Å². The van der Waals surface area contributed by atoms with E-state index in [4.69, 9.17) is 0 Å². The van der Waals surface area contributed by atoms with E-state index in [0.717, 1.165) is 16.8 Å². The summed E-state index contributed by atoms with van der Waals surface area (Å²) in [5.74, 6) is -3.29. The number of hydrogen-bond acceptors (Lipinski definition) is 6. The maximum absolute atomic E-state index is 14.0. The molecule has 0 unspecified atom stereocenters. The maximum atomic E-state index is 14.0. The first-order valence-electron chi connectivity index (χ1n) is 13.9. The van der Waals surface area contributed by atoms with Gasteiger partial charge in [-0.3, -0.25) is 19.3 Å². The zero-order valence-electron chi connectivity index (χ0n) is 23.8. The standard InChI is InChI=1S/C29H28F6N6O4/c1-38(23(43)16-39-12-9-21(42)10-13-39)18-5-7-19(8-6-18)40-14-11-22-24(26(40)44)41(37-25(22)28(30,31)32)20-4-2-3-17(15-20)36-27(45)29(33,34)35/h2-8,15,21,42H,9-14,16H2,1H3,(H,36,45). The molecule has 45 heavy (non-hydrogen) atoms. The smallest absolute Gasteiger partial charge is 0.393 e. The molecule has 1 fully saturated rings. The van der Waals surface area contributed by atoms with Crippen LogP contribution in [0, 0.1) is 0 Å². The number of anilines is 3. The molecule has 16 heteroatoms. The van der Waals surface area contributed by atoms with Crippen molar-refractivity contribution in [1.82, 2.24) is 14.7 Å². The molecule has 3 heterocycles. The van der Waals surface area contributed by atoms with Crippen LogP contribution in [0.1, 0.15) is 34.6 Å². The summed E-state index contributed by atoms with van der Waals surface area (Å²) in [4.78, 5) is 42.6. The fraction of sp³-hybridized carbons (Fsp3) is 0.379. The van der Waals surface area contributed by atoms with Gasteiger partial charge in [0.15, 0.2) is 5.69 Å². The van der Waals surface area contributed by atoms with E-state index < -0.39 is 35.6 Å². The van der Waals surface area contributed by atoms with E-state index in [2.05, 4.69) is 5.10 Å². The second kappa shape index (κ2) is 12.2. The Morgan fingerprint density at radius 3 is 2.29 bits per heavy atom. The molecule has 3 aromatic rings. The van der Waals surface area contributed by atoms with Gasteiger partial charge in [0.1, 0.15) is 5.69 Å². The number of benzene rings is 2. The Morgan fingerprint density at radius 1 is 1.00 bits per heavy atom. The van der Waals surface area contributed by atoms with Crippen LogP contribution in [0.5, 0.6) is 0 Å². The van der Waals surface area contributed by atoms with Crippen LogP contribution in [0.3, 0.4) is 0 Å². The predicted octanol–water partition coefficient (Wildman–Crippen LogP) is 4.01. The molecule has 2 N–H and O–H groups in total. The molecule has 0 spiro atoms. The van der Waals surface area contributed by atoms with Crippen molar-refractivity contribution in [3.8, 4) is 5.69 Å². The first-order valence-corrected chi connectivity index (χ1v) is 13.9. The summed E-state index contributed by atoms with van der Waals surface area (Å²) in [6.07, 6.45) is -9.54. The van der Waals surface area contributed by atoms with Gasteiger partial charge in [-0.15, -0.1) is 0 Å². The number of halogens is 6. The minimum absolute atomic E-state index is 0.114. The number of nitrogens with zero attached hydrogens (tertiary/aromatic N) is 5. The van der Waals surface area contributed by atoms with Gasteiger partial charge in [-0.1, -0.05) is 6.07 Å². The highest BCUT2D eigenvalue weighted by Gasteiger charge is 2.43. The van der Waals surface area contributed by atoms with E-state index in [1.54, 1.807) is 36.6 Å². The summed E-state index contributed by atoms with van der Waals surface area (Å²) in [6.45, 7) is 1.23. The summed E-state index contributed by atoms with van der Waals surface area (Å²) in [6, 6.07) is 10.9. The Kier molecular flexibility index (Phi) is 8.64. The third-order valence-electron chi connectivity index (χ3n) is 7.73. The number of hydrogen-bond donors (Lipinski definition) is 2. The summed E-state index contributed by atoms with van der Waals surface area (Å²) >= 11 is 0. The zero-order chi connectivity index (χ0) is 32.7. The minimum Gasteiger partial charge on any atom is -0.393 e. The summed E-state index contributed by atoms with van der Waals surface area (Å²) in [5.41, 5.74) is -1.75. The van der Waals surface area contributed by atoms with Crippen LogP contribution in [0.2, 0.25) is 0 Å². The van der Waals surface area contributed by atoms with E-state index >= 15 is 0 Å². The molecule has 2 aliphatic heterocycles. The Morgan fingerprint density at radius 2 is 1.67 bits per heavy atom. The fourth-order valence-corrected chi connectivity index (χ4v) is 5.31. The number of likely N-dealkylation sites (tertiary alicyclic amines) is 1. The average molecular weight is 639 g/mol. The molecule has 5 rings (SSSR count). The molecule has 3 amide bonds. The van der Waals surface area contributed by atoms with E-state index in [1.807, 2.05) is 4.90 Å². The molecule has 1 aromatic heterocycles. The summed E-state index contributed by atoms with van der Waals surface area (Å²) < 4.78 is 80.9. The molecule has 0 saturated carbocycles. The summed E-state index contributed by atoms with van der Waals surface area (Å²) in [7, 11) is 1.59. The van der Waals surface area contributed by atoms with Crippen LogP contribution >= 0.6 is 0 Å². The van der Waals surface area contributed by atoms with E-state index in [1.165, 1.54) is 21.9 Å². The van der Waals surface area contributed by atoms with Gasteiger partial charge in [0.2, 0.25) is 5.91 Å². The first kappa shape index (κ1) is 32.0. The van der Waals surface area contributed by atoms with Crippen molar-refractivity contribution in [3.63, 3.8) is 0 Å². The second-order valence-corrected chi connectivity index (χ2v) is 10.8. The van der Waals surface area contributed by atoms with Gasteiger partial charge in [-0.05, 0) is 61.7 Å². The van der Waals surface area contributed by atoms with Gasteiger partial charge >= 0.3 is 18.3 Å². The fourth-order valence-electron chi connectivity index (χ4n) is 5.31. The SMILES string of the molecule is CN(C(=O)CN1CCC(O)CC1)c1ccc(N2CCc3c(C(F)(F)F)nn(-c4cccc(NC(=O)C(F)(F)F)c4)c3C2=O)cc1. The van der Waals surface area contributed by atoms with Crippen molar-refractivity contribution in [3.05, 3.63) is 65.5 Å². The number of carbonyl (C=O) groups is 3. The number of aliphatic hydroxyl groups excluding tert-OH is 1.